The lowest BCUT2D eigenvalue weighted by Gasteiger charge is -2.37. The summed E-state index contributed by atoms with van der Waals surface area (Å²) < 4.78 is 36.9. The third-order valence-corrected chi connectivity index (χ3v) is 5.69. The van der Waals surface area contributed by atoms with Gasteiger partial charge in [0.2, 0.25) is 10.0 Å². The van der Waals surface area contributed by atoms with Crippen LogP contribution in [0, 0.1) is 6.92 Å². The number of hydrogen-bond acceptors (Lipinski definition) is 6. The Morgan fingerprint density at radius 2 is 1.96 bits per heavy atom. The first kappa shape index (κ1) is 17.4. The standard InChI is InChI=1S/C17H17NO6S/c1-11-6-14(8-17(20)23-11)24-15-9-18(10-15)25(21,22)16-5-3-4-13(7-16)12(2)19/h3-8,15H,9-10H2,1-2H3. The largest absolute Gasteiger partial charge is 0.487 e. The van der Waals surface area contributed by atoms with Crippen LogP contribution in [0.5, 0.6) is 5.75 Å². The van der Waals surface area contributed by atoms with E-state index in [1.54, 1.807) is 25.1 Å². The van der Waals surface area contributed by atoms with E-state index in [0.29, 0.717) is 17.1 Å². The number of carbonyl (C=O) groups excluding carboxylic acids is 1. The number of benzene rings is 1. The lowest BCUT2D eigenvalue weighted by molar-refractivity contribution is 0.0754. The monoisotopic (exact) mass is 363 g/mol. The number of aryl methyl sites for hydroxylation is 1. The Labute approximate surface area is 144 Å². The van der Waals surface area contributed by atoms with Gasteiger partial charge >= 0.3 is 5.63 Å². The molecule has 0 N–H and O–H groups in total. The van der Waals surface area contributed by atoms with Crippen molar-refractivity contribution in [1.29, 1.82) is 0 Å². The summed E-state index contributed by atoms with van der Waals surface area (Å²) in [6, 6.07) is 8.75. The molecule has 0 radical (unpaired) electrons. The molecule has 0 atom stereocenters. The van der Waals surface area contributed by atoms with Crippen LogP contribution in [0.4, 0.5) is 0 Å². The number of rotatable bonds is 5. The summed E-state index contributed by atoms with van der Waals surface area (Å²) in [5.74, 6) is 0.585. The highest BCUT2D eigenvalue weighted by Crippen LogP contribution is 2.25. The Morgan fingerprint density at radius 1 is 1.24 bits per heavy atom. The average Bonchev–Trinajstić information content (AvgIpc) is 2.49. The molecule has 3 rings (SSSR count). The van der Waals surface area contributed by atoms with Gasteiger partial charge in [-0.2, -0.15) is 4.31 Å². The number of carbonyl (C=O) groups is 1. The third kappa shape index (κ3) is 3.64. The number of nitrogens with zero attached hydrogens (tertiary/aromatic N) is 1. The predicted molar refractivity (Wildman–Crippen MR) is 89.3 cm³/mol. The second kappa shape index (κ2) is 6.45. The van der Waals surface area contributed by atoms with Gasteiger partial charge in [0.15, 0.2) is 5.78 Å². The van der Waals surface area contributed by atoms with Crippen LogP contribution in [-0.2, 0) is 10.0 Å². The summed E-state index contributed by atoms with van der Waals surface area (Å²) >= 11 is 0. The van der Waals surface area contributed by atoms with Gasteiger partial charge in [-0.05, 0) is 26.0 Å². The van der Waals surface area contributed by atoms with Crippen molar-refractivity contribution in [3.8, 4) is 5.75 Å². The van der Waals surface area contributed by atoms with E-state index in [9.17, 15) is 18.0 Å². The topological polar surface area (TPSA) is 93.9 Å². The van der Waals surface area contributed by atoms with Crippen LogP contribution in [-0.4, -0.2) is 37.7 Å². The minimum Gasteiger partial charge on any atom is -0.487 e. The average molecular weight is 363 g/mol. The maximum Gasteiger partial charge on any atom is 0.339 e. The van der Waals surface area contributed by atoms with Gasteiger partial charge in [-0.1, -0.05) is 12.1 Å². The van der Waals surface area contributed by atoms with Gasteiger partial charge in [0, 0.05) is 11.6 Å². The zero-order valence-corrected chi connectivity index (χ0v) is 14.6. The highest BCUT2D eigenvalue weighted by Gasteiger charge is 2.38. The van der Waals surface area contributed by atoms with Crippen molar-refractivity contribution in [2.75, 3.05) is 13.1 Å². The number of Topliss-reactive ketones (excluding diaryl/α,β-unsaturated/α-hetero) is 1. The van der Waals surface area contributed by atoms with Crippen LogP contribution >= 0.6 is 0 Å². The van der Waals surface area contributed by atoms with Crippen molar-refractivity contribution in [2.45, 2.75) is 24.8 Å². The van der Waals surface area contributed by atoms with Crippen LogP contribution < -0.4 is 10.4 Å². The van der Waals surface area contributed by atoms with Gasteiger partial charge in [-0.15, -0.1) is 0 Å². The molecule has 1 fully saturated rings. The maximum absolute atomic E-state index is 12.6. The molecule has 0 saturated carbocycles. The molecule has 8 heteroatoms. The number of ether oxygens (including phenoxy) is 1. The van der Waals surface area contributed by atoms with Crippen molar-refractivity contribution < 1.29 is 22.4 Å². The molecule has 7 nitrogen and oxygen atoms in total. The molecule has 2 heterocycles. The van der Waals surface area contributed by atoms with E-state index in [0.717, 1.165) is 0 Å². The van der Waals surface area contributed by atoms with E-state index in [-0.39, 0.29) is 29.9 Å². The quantitative estimate of drug-likeness (QED) is 0.749. The summed E-state index contributed by atoms with van der Waals surface area (Å²) in [6.45, 7) is 3.36. The molecule has 1 saturated heterocycles. The minimum absolute atomic E-state index is 0.0786. The minimum atomic E-state index is -3.68. The van der Waals surface area contributed by atoms with Crippen molar-refractivity contribution in [1.82, 2.24) is 4.31 Å². The second-order valence-corrected chi connectivity index (χ2v) is 7.81. The summed E-state index contributed by atoms with van der Waals surface area (Å²) in [4.78, 5) is 22.8. The number of sulfonamides is 1. The van der Waals surface area contributed by atoms with Gasteiger partial charge in [0.25, 0.3) is 0 Å². The summed E-state index contributed by atoms with van der Waals surface area (Å²) in [6.07, 6.45) is -0.341. The summed E-state index contributed by atoms with van der Waals surface area (Å²) in [7, 11) is -3.68. The maximum atomic E-state index is 12.6. The fraction of sp³-hybridized carbons (Fsp3) is 0.294. The second-order valence-electron chi connectivity index (χ2n) is 5.87. The third-order valence-electron chi connectivity index (χ3n) is 3.86. The molecular weight excluding hydrogens is 346 g/mol. The van der Waals surface area contributed by atoms with Crippen LogP contribution in [0.2, 0.25) is 0 Å². The van der Waals surface area contributed by atoms with E-state index in [1.165, 1.54) is 29.4 Å². The van der Waals surface area contributed by atoms with Crippen molar-refractivity contribution in [3.63, 3.8) is 0 Å². The molecule has 2 aromatic rings. The smallest absolute Gasteiger partial charge is 0.339 e. The molecule has 1 aliphatic heterocycles. The molecule has 0 unspecified atom stereocenters. The van der Waals surface area contributed by atoms with E-state index >= 15 is 0 Å². The molecule has 1 aromatic carbocycles. The normalized spacial score (nSPS) is 15.6. The Morgan fingerprint density at radius 3 is 2.60 bits per heavy atom. The fourth-order valence-electron chi connectivity index (χ4n) is 2.53. The molecule has 1 aliphatic rings. The molecule has 1 aromatic heterocycles. The zero-order valence-electron chi connectivity index (χ0n) is 13.8. The highest BCUT2D eigenvalue weighted by atomic mass is 32.2. The lowest BCUT2D eigenvalue weighted by Crippen LogP contribution is -2.56. The van der Waals surface area contributed by atoms with Gasteiger partial charge in [-0.3, -0.25) is 4.79 Å². The molecular formula is C17H17NO6S. The van der Waals surface area contributed by atoms with Crippen LogP contribution in [0.1, 0.15) is 23.0 Å². The Hall–Kier alpha value is -2.45. The first-order chi connectivity index (χ1) is 11.8. The summed E-state index contributed by atoms with van der Waals surface area (Å²) in [5, 5.41) is 0. The molecule has 0 aliphatic carbocycles. The molecule has 0 bridgehead atoms. The lowest BCUT2D eigenvalue weighted by atomic mass is 10.2. The molecule has 0 spiro atoms. The Kier molecular flexibility index (Phi) is 4.49. The fourth-order valence-corrected chi connectivity index (χ4v) is 4.08. The van der Waals surface area contributed by atoms with Gasteiger partial charge in [-0.25, -0.2) is 13.2 Å². The predicted octanol–water partition coefficient (Wildman–Crippen LogP) is 1.60. The summed E-state index contributed by atoms with van der Waals surface area (Å²) in [5.41, 5.74) is -0.166. The van der Waals surface area contributed by atoms with Gasteiger partial charge in [0.05, 0.1) is 24.1 Å². The Bertz CT molecular complexity index is 973. The van der Waals surface area contributed by atoms with Crippen LogP contribution in [0.15, 0.2) is 50.5 Å². The highest BCUT2D eigenvalue weighted by molar-refractivity contribution is 7.89. The van der Waals surface area contributed by atoms with Gasteiger partial charge < -0.3 is 9.15 Å². The Balaban J connectivity index is 1.70. The van der Waals surface area contributed by atoms with E-state index in [2.05, 4.69) is 0 Å². The number of ketones is 1. The van der Waals surface area contributed by atoms with Crippen molar-refractivity contribution >= 4 is 15.8 Å². The first-order valence-electron chi connectivity index (χ1n) is 7.65. The SMILES string of the molecule is CC(=O)c1cccc(S(=O)(=O)N2CC(Oc3cc(C)oc(=O)c3)C2)c1. The van der Waals surface area contributed by atoms with Crippen LogP contribution in [0.25, 0.3) is 0 Å². The molecule has 132 valence electrons. The zero-order chi connectivity index (χ0) is 18.2. The van der Waals surface area contributed by atoms with E-state index in [4.69, 9.17) is 9.15 Å². The molecule has 25 heavy (non-hydrogen) atoms. The van der Waals surface area contributed by atoms with E-state index in [1.807, 2.05) is 0 Å². The van der Waals surface area contributed by atoms with Gasteiger partial charge in [0.1, 0.15) is 17.6 Å². The van der Waals surface area contributed by atoms with E-state index < -0.39 is 15.6 Å². The van der Waals surface area contributed by atoms with Crippen molar-refractivity contribution in [3.05, 3.63) is 58.1 Å². The number of hydrogen-bond donors (Lipinski definition) is 0. The van der Waals surface area contributed by atoms with Crippen LogP contribution in [0.3, 0.4) is 0 Å². The first-order valence-corrected chi connectivity index (χ1v) is 9.09. The van der Waals surface area contributed by atoms with Crippen molar-refractivity contribution in [2.24, 2.45) is 0 Å². The molecule has 0 amide bonds.